The van der Waals surface area contributed by atoms with Crippen LogP contribution in [-0.4, -0.2) is 43.7 Å². The molecule has 1 amide bonds. The Bertz CT molecular complexity index is 529. The molecule has 1 aromatic carbocycles. The van der Waals surface area contributed by atoms with Gasteiger partial charge in [0.25, 0.3) is 0 Å². The first-order valence-corrected chi connectivity index (χ1v) is 9.44. The van der Waals surface area contributed by atoms with Crippen LogP contribution in [0.15, 0.2) is 24.3 Å². The second-order valence-corrected chi connectivity index (χ2v) is 7.00. The van der Waals surface area contributed by atoms with Crippen LogP contribution in [0.25, 0.3) is 0 Å². The third-order valence-corrected chi connectivity index (χ3v) is 5.44. The highest BCUT2D eigenvalue weighted by Gasteiger charge is 2.28. The van der Waals surface area contributed by atoms with Gasteiger partial charge in [0.1, 0.15) is 0 Å². The van der Waals surface area contributed by atoms with Crippen LogP contribution in [0, 0.1) is 5.92 Å². The highest BCUT2D eigenvalue weighted by molar-refractivity contribution is 5.85. The third-order valence-electron chi connectivity index (χ3n) is 5.44. The van der Waals surface area contributed by atoms with Gasteiger partial charge in [-0.2, -0.15) is 0 Å². The molecule has 1 unspecified atom stereocenters. The lowest BCUT2D eigenvalue weighted by Crippen LogP contribution is -2.48. The molecule has 2 aliphatic rings. The number of benzene rings is 1. The monoisotopic (exact) mass is 366 g/mol. The van der Waals surface area contributed by atoms with Gasteiger partial charge in [-0.3, -0.25) is 4.79 Å². The fourth-order valence-corrected chi connectivity index (χ4v) is 3.78. The fourth-order valence-electron chi connectivity index (χ4n) is 3.78. The number of rotatable bonds is 5. The summed E-state index contributed by atoms with van der Waals surface area (Å²) in [5, 5.41) is 3.44. The number of hydrogen-bond acceptors (Lipinski definition) is 3. The van der Waals surface area contributed by atoms with Crippen LogP contribution in [-0.2, 0) is 16.0 Å². The number of halogens is 1. The Kier molecular flexibility index (Phi) is 8.20. The molecule has 2 aliphatic heterocycles. The van der Waals surface area contributed by atoms with Crippen LogP contribution in [0.2, 0.25) is 0 Å². The molecular formula is C20H31ClN2O2. The van der Waals surface area contributed by atoms with Crippen molar-refractivity contribution in [3.63, 3.8) is 0 Å². The molecule has 5 heteroatoms. The number of carbonyl (C=O) groups is 1. The summed E-state index contributed by atoms with van der Waals surface area (Å²) in [6.07, 6.45) is 4.95. The van der Waals surface area contributed by atoms with Crippen molar-refractivity contribution in [2.45, 2.75) is 45.1 Å². The zero-order chi connectivity index (χ0) is 16.8. The minimum Gasteiger partial charge on any atom is -0.381 e. The molecule has 0 saturated carbocycles. The Labute approximate surface area is 157 Å². The minimum absolute atomic E-state index is 0. The SMILES string of the molecule is CCc1ccc(C2CNCCN2C(=O)CCC2CCOCC2)cc1.Cl. The van der Waals surface area contributed by atoms with E-state index in [0.29, 0.717) is 18.2 Å². The van der Waals surface area contributed by atoms with Gasteiger partial charge in [0.15, 0.2) is 0 Å². The van der Waals surface area contributed by atoms with Crippen molar-refractivity contribution >= 4 is 18.3 Å². The average molecular weight is 367 g/mol. The van der Waals surface area contributed by atoms with E-state index in [1.54, 1.807) is 0 Å². The van der Waals surface area contributed by atoms with Gasteiger partial charge in [-0.25, -0.2) is 0 Å². The number of piperazine rings is 1. The molecule has 140 valence electrons. The summed E-state index contributed by atoms with van der Waals surface area (Å²) >= 11 is 0. The maximum absolute atomic E-state index is 12.8. The molecule has 2 saturated heterocycles. The van der Waals surface area contributed by atoms with Crippen LogP contribution in [0.3, 0.4) is 0 Å². The van der Waals surface area contributed by atoms with Gasteiger partial charge in [0.05, 0.1) is 6.04 Å². The van der Waals surface area contributed by atoms with Crippen molar-refractivity contribution in [2.24, 2.45) is 5.92 Å². The normalized spacial score (nSPS) is 21.6. The van der Waals surface area contributed by atoms with E-state index in [1.165, 1.54) is 11.1 Å². The molecular weight excluding hydrogens is 336 g/mol. The number of amides is 1. The topological polar surface area (TPSA) is 41.6 Å². The van der Waals surface area contributed by atoms with Crippen LogP contribution < -0.4 is 5.32 Å². The lowest BCUT2D eigenvalue weighted by molar-refractivity contribution is -0.135. The zero-order valence-electron chi connectivity index (χ0n) is 15.2. The van der Waals surface area contributed by atoms with E-state index in [2.05, 4.69) is 41.4 Å². The van der Waals surface area contributed by atoms with Gasteiger partial charge in [0, 0.05) is 39.3 Å². The van der Waals surface area contributed by atoms with Crippen molar-refractivity contribution in [3.8, 4) is 0 Å². The maximum Gasteiger partial charge on any atom is 0.223 e. The number of aryl methyl sites for hydroxylation is 1. The zero-order valence-corrected chi connectivity index (χ0v) is 16.0. The van der Waals surface area contributed by atoms with E-state index in [9.17, 15) is 4.79 Å². The third kappa shape index (κ3) is 5.44. The molecule has 0 bridgehead atoms. The van der Waals surface area contributed by atoms with Gasteiger partial charge in [-0.15, -0.1) is 12.4 Å². The number of nitrogens with zero attached hydrogens (tertiary/aromatic N) is 1. The summed E-state index contributed by atoms with van der Waals surface area (Å²) in [5.41, 5.74) is 2.60. The molecule has 2 fully saturated rings. The van der Waals surface area contributed by atoms with Crippen molar-refractivity contribution in [1.29, 1.82) is 0 Å². The maximum atomic E-state index is 12.8. The highest BCUT2D eigenvalue weighted by Crippen LogP contribution is 2.26. The molecule has 0 radical (unpaired) electrons. The van der Waals surface area contributed by atoms with E-state index in [4.69, 9.17) is 4.74 Å². The molecule has 3 rings (SSSR count). The predicted molar refractivity (Wildman–Crippen MR) is 103 cm³/mol. The van der Waals surface area contributed by atoms with Crippen LogP contribution in [0.5, 0.6) is 0 Å². The van der Waals surface area contributed by atoms with Crippen LogP contribution in [0.4, 0.5) is 0 Å². The summed E-state index contributed by atoms with van der Waals surface area (Å²) in [6, 6.07) is 8.93. The molecule has 4 nitrogen and oxygen atoms in total. The second kappa shape index (κ2) is 10.1. The quantitative estimate of drug-likeness (QED) is 0.868. The fraction of sp³-hybridized carbons (Fsp3) is 0.650. The summed E-state index contributed by atoms with van der Waals surface area (Å²) in [5.74, 6) is 0.973. The molecule has 1 aromatic rings. The van der Waals surface area contributed by atoms with E-state index in [1.807, 2.05) is 0 Å². The molecule has 1 atom stereocenters. The Hall–Kier alpha value is -1.10. The van der Waals surface area contributed by atoms with Gasteiger partial charge in [-0.05, 0) is 42.7 Å². The van der Waals surface area contributed by atoms with Gasteiger partial charge >= 0.3 is 0 Å². The minimum atomic E-state index is 0. The number of ether oxygens (including phenoxy) is 1. The van der Waals surface area contributed by atoms with Gasteiger partial charge in [-0.1, -0.05) is 31.2 Å². The van der Waals surface area contributed by atoms with Crippen LogP contribution in [0.1, 0.15) is 49.8 Å². The number of nitrogens with one attached hydrogen (secondary N) is 1. The number of carbonyl (C=O) groups excluding carboxylic acids is 1. The molecule has 0 spiro atoms. The molecule has 2 heterocycles. The van der Waals surface area contributed by atoms with E-state index < -0.39 is 0 Å². The lowest BCUT2D eigenvalue weighted by Gasteiger charge is -2.37. The summed E-state index contributed by atoms with van der Waals surface area (Å²) < 4.78 is 5.41. The van der Waals surface area contributed by atoms with Crippen LogP contribution >= 0.6 is 12.4 Å². The Morgan fingerprint density at radius 2 is 1.96 bits per heavy atom. The van der Waals surface area contributed by atoms with Crippen molar-refractivity contribution in [2.75, 3.05) is 32.8 Å². The van der Waals surface area contributed by atoms with Crippen molar-refractivity contribution in [3.05, 3.63) is 35.4 Å². The molecule has 0 aliphatic carbocycles. The molecule has 0 aromatic heterocycles. The van der Waals surface area contributed by atoms with E-state index >= 15 is 0 Å². The Morgan fingerprint density at radius 1 is 1.24 bits per heavy atom. The predicted octanol–water partition coefficient (Wildman–Crippen LogP) is 3.35. The Morgan fingerprint density at radius 3 is 2.64 bits per heavy atom. The number of hydrogen-bond donors (Lipinski definition) is 1. The summed E-state index contributed by atoms with van der Waals surface area (Å²) in [7, 11) is 0. The largest absolute Gasteiger partial charge is 0.381 e. The van der Waals surface area contributed by atoms with Crippen molar-refractivity contribution in [1.82, 2.24) is 10.2 Å². The average Bonchev–Trinajstić information content (AvgIpc) is 2.67. The summed E-state index contributed by atoms with van der Waals surface area (Å²) in [6.45, 7) is 6.45. The molecule has 25 heavy (non-hydrogen) atoms. The van der Waals surface area contributed by atoms with E-state index in [-0.39, 0.29) is 18.4 Å². The first kappa shape index (κ1) is 20.2. The second-order valence-electron chi connectivity index (χ2n) is 7.00. The standard InChI is InChI=1S/C20H30N2O2.ClH/c1-2-16-3-6-18(7-4-16)19-15-21-11-12-22(19)20(23)8-5-17-9-13-24-14-10-17;/h3-4,6-7,17,19,21H,2,5,8-15H2,1H3;1H. The lowest BCUT2D eigenvalue weighted by atomic mass is 9.94. The van der Waals surface area contributed by atoms with Gasteiger partial charge < -0.3 is 15.0 Å². The van der Waals surface area contributed by atoms with E-state index in [0.717, 1.165) is 58.5 Å². The highest BCUT2D eigenvalue weighted by atomic mass is 35.5. The summed E-state index contributed by atoms with van der Waals surface area (Å²) in [4.78, 5) is 14.9. The first-order valence-electron chi connectivity index (χ1n) is 9.44. The smallest absolute Gasteiger partial charge is 0.223 e. The Balaban J connectivity index is 0.00000225. The van der Waals surface area contributed by atoms with Gasteiger partial charge in [0.2, 0.25) is 5.91 Å². The first-order chi connectivity index (χ1) is 11.8. The van der Waals surface area contributed by atoms with Crippen molar-refractivity contribution < 1.29 is 9.53 Å². The molecule has 1 N–H and O–H groups in total.